The Morgan fingerprint density at radius 2 is 2.04 bits per heavy atom. The van der Waals surface area contributed by atoms with Crippen LogP contribution in [0, 0.1) is 13.8 Å². The number of aryl methyl sites for hydroxylation is 4. The second kappa shape index (κ2) is 6.06. The summed E-state index contributed by atoms with van der Waals surface area (Å²) in [6.45, 7) is 7.61. The molecule has 1 aliphatic heterocycles. The number of benzene rings is 1. The molecule has 1 aromatic carbocycles. The Hall–Kier alpha value is -2.13. The average Bonchev–Trinajstić information content (AvgIpc) is 2.87. The molecular weight excluding hydrogens is 294 g/mol. The van der Waals surface area contributed by atoms with Gasteiger partial charge in [-0.1, -0.05) is 11.6 Å². The number of pyridine rings is 1. The lowest BCUT2D eigenvalue weighted by molar-refractivity contribution is 0.309. The van der Waals surface area contributed by atoms with E-state index in [2.05, 4.69) is 59.6 Å². The summed E-state index contributed by atoms with van der Waals surface area (Å²) in [5, 5.41) is 1.44. The summed E-state index contributed by atoms with van der Waals surface area (Å²) in [6, 6.07) is 9.01. The molecule has 3 aromatic rings. The predicted molar refractivity (Wildman–Crippen MR) is 99.4 cm³/mol. The molecule has 0 aliphatic carbocycles. The van der Waals surface area contributed by atoms with Gasteiger partial charge in [0.1, 0.15) is 0 Å². The van der Waals surface area contributed by atoms with Gasteiger partial charge in [-0.25, -0.2) is 0 Å². The van der Waals surface area contributed by atoms with Crippen molar-refractivity contribution < 1.29 is 0 Å². The first-order valence-corrected chi connectivity index (χ1v) is 8.82. The van der Waals surface area contributed by atoms with E-state index in [9.17, 15) is 0 Å². The van der Waals surface area contributed by atoms with Crippen LogP contribution in [0.25, 0.3) is 10.9 Å². The van der Waals surface area contributed by atoms with Gasteiger partial charge >= 0.3 is 0 Å². The van der Waals surface area contributed by atoms with E-state index in [1.165, 1.54) is 38.9 Å². The lowest BCUT2D eigenvalue weighted by Crippen LogP contribution is -2.27. The number of hydrogen-bond acceptors (Lipinski definition) is 2. The second-order valence-corrected chi connectivity index (χ2v) is 7.14. The van der Waals surface area contributed by atoms with Crippen molar-refractivity contribution in [2.75, 3.05) is 13.6 Å². The van der Waals surface area contributed by atoms with Crippen LogP contribution in [0.5, 0.6) is 0 Å². The number of fused-ring (bicyclic) bond motifs is 3. The Bertz CT molecular complexity index is 891. The maximum atomic E-state index is 4.30. The molecule has 24 heavy (non-hydrogen) atoms. The lowest BCUT2D eigenvalue weighted by atomic mass is 10.0. The highest BCUT2D eigenvalue weighted by Crippen LogP contribution is 2.31. The van der Waals surface area contributed by atoms with E-state index in [4.69, 9.17) is 0 Å². The fraction of sp³-hybridized carbons (Fsp3) is 0.381. The molecule has 0 saturated carbocycles. The Morgan fingerprint density at radius 3 is 2.88 bits per heavy atom. The Balaban J connectivity index is 1.76. The van der Waals surface area contributed by atoms with Gasteiger partial charge in [0.25, 0.3) is 0 Å². The van der Waals surface area contributed by atoms with Crippen molar-refractivity contribution in [3.8, 4) is 0 Å². The van der Waals surface area contributed by atoms with Crippen LogP contribution in [0.15, 0.2) is 36.7 Å². The molecule has 0 amide bonds. The van der Waals surface area contributed by atoms with Crippen LogP contribution in [-0.4, -0.2) is 28.0 Å². The quantitative estimate of drug-likeness (QED) is 0.730. The molecule has 3 nitrogen and oxygen atoms in total. The zero-order valence-electron chi connectivity index (χ0n) is 14.8. The Kier molecular flexibility index (Phi) is 3.89. The van der Waals surface area contributed by atoms with Gasteiger partial charge < -0.3 is 9.47 Å². The fourth-order valence-electron chi connectivity index (χ4n) is 3.94. The third-order valence-electron chi connectivity index (χ3n) is 5.35. The standard InChI is InChI=1S/C21H25N3/c1-15-4-5-20-18(12-15)19-14-23(3)10-8-21(19)24(20)11-7-17-13-22-9-6-16(17)2/h4-6,9,12-13H,7-8,10-11,14H2,1-3H3. The maximum Gasteiger partial charge on any atom is 0.0486 e. The second-order valence-electron chi connectivity index (χ2n) is 7.14. The molecule has 0 N–H and O–H groups in total. The smallest absolute Gasteiger partial charge is 0.0486 e. The Morgan fingerprint density at radius 1 is 1.17 bits per heavy atom. The van der Waals surface area contributed by atoms with Gasteiger partial charge in [-0.05, 0) is 62.2 Å². The van der Waals surface area contributed by atoms with Gasteiger partial charge in [0, 0.05) is 55.0 Å². The summed E-state index contributed by atoms with van der Waals surface area (Å²) in [7, 11) is 2.22. The number of hydrogen-bond donors (Lipinski definition) is 0. The first-order valence-electron chi connectivity index (χ1n) is 8.82. The third-order valence-corrected chi connectivity index (χ3v) is 5.35. The summed E-state index contributed by atoms with van der Waals surface area (Å²) in [6.07, 6.45) is 6.08. The molecule has 0 atom stereocenters. The molecular formula is C21H25N3. The van der Waals surface area contributed by atoms with E-state index in [1.54, 1.807) is 0 Å². The van der Waals surface area contributed by atoms with Crippen LogP contribution in [0.1, 0.15) is 27.9 Å². The van der Waals surface area contributed by atoms with Crippen LogP contribution >= 0.6 is 0 Å². The molecule has 1 aliphatic rings. The van der Waals surface area contributed by atoms with Crippen molar-refractivity contribution in [1.29, 1.82) is 0 Å². The molecule has 0 radical (unpaired) electrons. The van der Waals surface area contributed by atoms with Crippen LogP contribution in [0.3, 0.4) is 0 Å². The monoisotopic (exact) mass is 319 g/mol. The highest BCUT2D eigenvalue weighted by molar-refractivity contribution is 5.86. The fourth-order valence-corrected chi connectivity index (χ4v) is 3.94. The van der Waals surface area contributed by atoms with Crippen molar-refractivity contribution >= 4 is 10.9 Å². The summed E-state index contributed by atoms with van der Waals surface area (Å²) < 4.78 is 2.56. The molecule has 0 spiro atoms. The normalized spacial score (nSPS) is 15.0. The van der Waals surface area contributed by atoms with Crippen LogP contribution in [0.4, 0.5) is 0 Å². The van der Waals surface area contributed by atoms with E-state index in [1.807, 2.05) is 12.4 Å². The number of nitrogens with zero attached hydrogens (tertiary/aromatic N) is 3. The topological polar surface area (TPSA) is 21.1 Å². The van der Waals surface area contributed by atoms with Gasteiger partial charge in [0.2, 0.25) is 0 Å². The SMILES string of the molecule is Cc1ccc2c(c1)c1c(n2CCc2cnccc2C)CCN(C)C1. The van der Waals surface area contributed by atoms with E-state index < -0.39 is 0 Å². The van der Waals surface area contributed by atoms with Crippen molar-refractivity contribution in [3.63, 3.8) is 0 Å². The van der Waals surface area contributed by atoms with Crippen molar-refractivity contribution in [3.05, 3.63) is 64.6 Å². The lowest BCUT2D eigenvalue weighted by Gasteiger charge is -2.24. The number of aromatic nitrogens is 2. The Labute approximate surface area is 143 Å². The molecule has 3 heteroatoms. The van der Waals surface area contributed by atoms with Crippen LogP contribution < -0.4 is 0 Å². The summed E-state index contributed by atoms with van der Waals surface area (Å²) in [5.41, 5.74) is 8.50. The van der Waals surface area contributed by atoms with Gasteiger partial charge in [-0.15, -0.1) is 0 Å². The zero-order chi connectivity index (χ0) is 16.7. The van der Waals surface area contributed by atoms with Crippen molar-refractivity contribution in [2.45, 2.75) is 39.8 Å². The van der Waals surface area contributed by atoms with E-state index >= 15 is 0 Å². The molecule has 0 bridgehead atoms. The van der Waals surface area contributed by atoms with Crippen molar-refractivity contribution in [1.82, 2.24) is 14.5 Å². The largest absolute Gasteiger partial charge is 0.344 e. The minimum Gasteiger partial charge on any atom is -0.344 e. The summed E-state index contributed by atoms with van der Waals surface area (Å²) in [5.74, 6) is 0. The zero-order valence-corrected chi connectivity index (χ0v) is 14.8. The highest BCUT2D eigenvalue weighted by atomic mass is 15.1. The maximum absolute atomic E-state index is 4.30. The van der Waals surface area contributed by atoms with E-state index in [0.29, 0.717) is 0 Å². The van der Waals surface area contributed by atoms with E-state index in [0.717, 1.165) is 32.5 Å². The van der Waals surface area contributed by atoms with Gasteiger partial charge in [0.05, 0.1) is 0 Å². The average molecular weight is 319 g/mol. The molecule has 0 fully saturated rings. The van der Waals surface area contributed by atoms with Crippen molar-refractivity contribution in [2.24, 2.45) is 0 Å². The minimum absolute atomic E-state index is 1.03. The van der Waals surface area contributed by atoms with Crippen LogP contribution in [0.2, 0.25) is 0 Å². The van der Waals surface area contributed by atoms with E-state index in [-0.39, 0.29) is 0 Å². The first kappa shape index (κ1) is 15.4. The first-order chi connectivity index (χ1) is 11.6. The molecule has 4 rings (SSSR count). The van der Waals surface area contributed by atoms with Gasteiger partial charge in [-0.3, -0.25) is 4.98 Å². The van der Waals surface area contributed by atoms with Gasteiger partial charge in [0.15, 0.2) is 0 Å². The van der Waals surface area contributed by atoms with Gasteiger partial charge in [-0.2, -0.15) is 0 Å². The molecule has 3 heterocycles. The minimum atomic E-state index is 1.03. The summed E-state index contributed by atoms with van der Waals surface area (Å²) in [4.78, 5) is 6.73. The molecule has 2 aromatic heterocycles. The number of rotatable bonds is 3. The predicted octanol–water partition coefficient (Wildman–Crippen LogP) is 3.88. The highest BCUT2D eigenvalue weighted by Gasteiger charge is 2.22. The molecule has 0 unspecified atom stereocenters. The molecule has 124 valence electrons. The summed E-state index contributed by atoms with van der Waals surface area (Å²) >= 11 is 0. The third kappa shape index (κ3) is 2.63. The molecule has 0 saturated heterocycles. The number of likely N-dealkylation sites (N-methyl/N-ethyl adjacent to an activating group) is 1. The van der Waals surface area contributed by atoms with Crippen LogP contribution in [-0.2, 0) is 25.9 Å².